The number of anilines is 1. The molecule has 10 heteroatoms. The minimum Gasteiger partial charge on any atom is -0.481 e. The first kappa shape index (κ1) is 31.1. The van der Waals surface area contributed by atoms with Gasteiger partial charge in [-0.3, -0.25) is 14.4 Å². The number of hydrogen-bond donors (Lipinski definition) is 4. The fourth-order valence-corrected chi connectivity index (χ4v) is 3.45. The van der Waals surface area contributed by atoms with Crippen LogP contribution in [0.25, 0.3) is 0 Å². The molecule has 0 aliphatic carbocycles. The normalized spacial score (nSPS) is 12.1. The predicted molar refractivity (Wildman–Crippen MR) is 115 cm³/mol. The first-order valence-corrected chi connectivity index (χ1v) is 9.95. The van der Waals surface area contributed by atoms with Crippen LogP contribution < -0.4 is 5.32 Å². The number of hydrogen-bond acceptors (Lipinski definition) is 5. The van der Waals surface area contributed by atoms with Crippen molar-refractivity contribution in [3.8, 4) is 0 Å². The molecular formula is C19H27NNa2O6S. The molecule has 0 unspecified atom stereocenters. The van der Waals surface area contributed by atoms with Crippen molar-refractivity contribution in [2.45, 2.75) is 56.4 Å². The molecule has 0 aromatic heterocycles. The van der Waals surface area contributed by atoms with Crippen LogP contribution in [0.5, 0.6) is 0 Å². The Hall–Kier alpha value is -0.0600. The Morgan fingerprint density at radius 2 is 1.79 bits per heavy atom. The summed E-state index contributed by atoms with van der Waals surface area (Å²) in [4.78, 5) is 34.1. The van der Waals surface area contributed by atoms with Gasteiger partial charge < -0.3 is 20.6 Å². The number of rotatable bonds is 13. The summed E-state index contributed by atoms with van der Waals surface area (Å²) in [6.07, 6.45) is 2.08. The van der Waals surface area contributed by atoms with Crippen LogP contribution in [0.4, 0.5) is 5.69 Å². The molecule has 0 aliphatic heterocycles. The summed E-state index contributed by atoms with van der Waals surface area (Å²) in [5.41, 5.74) is 0.492. The molecule has 0 saturated heterocycles. The van der Waals surface area contributed by atoms with Gasteiger partial charge in [0.05, 0.1) is 12.0 Å². The predicted octanol–water partition coefficient (Wildman–Crippen LogP) is 2.46. The second kappa shape index (κ2) is 17.6. The molecule has 29 heavy (non-hydrogen) atoms. The summed E-state index contributed by atoms with van der Waals surface area (Å²) < 4.78 is 0. The zero-order valence-corrected chi connectivity index (χ0v) is 22.2. The molecule has 7 nitrogen and oxygen atoms in total. The van der Waals surface area contributed by atoms with Crippen molar-refractivity contribution in [1.29, 1.82) is 0 Å². The van der Waals surface area contributed by atoms with E-state index in [1.165, 1.54) is 11.8 Å². The van der Waals surface area contributed by atoms with Crippen LogP contribution in [0.15, 0.2) is 29.2 Å². The van der Waals surface area contributed by atoms with Gasteiger partial charge in [0.25, 0.3) is 0 Å². The third-order valence-electron chi connectivity index (χ3n) is 3.98. The SMILES string of the molecule is CCCC[C@H](CC[C@@H](O)CSc1cccc(NC(=O)CC(=O)O)c1)C(=O)O.[Na].[Na]. The Kier molecular flexibility index (Phi) is 18.9. The van der Waals surface area contributed by atoms with Crippen LogP contribution in [0, 0.1) is 5.92 Å². The van der Waals surface area contributed by atoms with E-state index < -0.39 is 36.3 Å². The Morgan fingerprint density at radius 3 is 2.38 bits per heavy atom. The van der Waals surface area contributed by atoms with Gasteiger partial charge in [-0.25, -0.2) is 0 Å². The number of nitrogens with one attached hydrogen (secondary N) is 1. The van der Waals surface area contributed by atoms with E-state index in [0.29, 0.717) is 30.7 Å². The van der Waals surface area contributed by atoms with Crippen LogP contribution in [0.1, 0.15) is 45.4 Å². The van der Waals surface area contributed by atoms with Gasteiger partial charge in [-0.05, 0) is 37.5 Å². The van der Waals surface area contributed by atoms with Crippen LogP contribution in [-0.4, -0.2) is 104 Å². The number of benzene rings is 1. The Balaban J connectivity index is 0. The Bertz CT molecular complexity index is 647. The Labute approximate surface area is 220 Å². The Morgan fingerprint density at radius 1 is 1.10 bits per heavy atom. The average Bonchev–Trinajstić information content (AvgIpc) is 2.59. The minimum absolute atomic E-state index is 0. The molecule has 0 heterocycles. The fraction of sp³-hybridized carbons (Fsp3) is 0.526. The second-order valence-corrected chi connectivity index (χ2v) is 7.46. The number of aliphatic hydroxyl groups is 1. The molecule has 2 atom stereocenters. The maximum Gasteiger partial charge on any atom is 0.312 e. The van der Waals surface area contributed by atoms with E-state index in [2.05, 4.69) is 5.32 Å². The molecular weight excluding hydrogens is 416 g/mol. The van der Waals surface area contributed by atoms with Crippen molar-refractivity contribution >= 4 is 94.4 Å². The number of carbonyl (C=O) groups is 3. The molecule has 0 saturated carbocycles. The smallest absolute Gasteiger partial charge is 0.312 e. The molecule has 1 rings (SSSR count). The van der Waals surface area contributed by atoms with Gasteiger partial charge in [-0.15, -0.1) is 11.8 Å². The molecule has 4 N–H and O–H groups in total. The quantitative estimate of drug-likeness (QED) is 0.210. The van der Waals surface area contributed by atoms with Gasteiger partial charge in [0.2, 0.25) is 5.91 Å². The van der Waals surface area contributed by atoms with Crippen molar-refractivity contribution in [3.05, 3.63) is 24.3 Å². The van der Waals surface area contributed by atoms with Crippen molar-refractivity contribution < 1.29 is 29.7 Å². The van der Waals surface area contributed by atoms with Gasteiger partial charge in [0, 0.05) is 75.5 Å². The summed E-state index contributed by atoms with van der Waals surface area (Å²) in [6.45, 7) is 2.02. The summed E-state index contributed by atoms with van der Waals surface area (Å²) in [5.74, 6) is -2.62. The average molecular weight is 443 g/mol. The standard InChI is InChI=1S/C19H27NO6S.2Na/c1-2-3-5-13(19(25)26)8-9-15(21)12-27-16-7-4-6-14(10-16)20-17(22)11-18(23)24;;/h4,6-7,10,13,15,21H,2-3,5,8-9,11-12H2,1H3,(H,20,22)(H,23,24)(H,25,26);;/t13-,15-;;/m1../s1. The third kappa shape index (κ3) is 14.6. The molecule has 1 aromatic carbocycles. The van der Waals surface area contributed by atoms with Gasteiger partial charge in [-0.1, -0.05) is 25.8 Å². The van der Waals surface area contributed by atoms with Crippen LogP contribution in [-0.2, 0) is 14.4 Å². The van der Waals surface area contributed by atoms with E-state index in [1.54, 1.807) is 18.2 Å². The van der Waals surface area contributed by atoms with Gasteiger partial charge >= 0.3 is 11.9 Å². The molecule has 2 radical (unpaired) electrons. The number of carboxylic acids is 2. The number of aliphatic hydroxyl groups excluding tert-OH is 1. The summed E-state index contributed by atoms with van der Waals surface area (Å²) in [7, 11) is 0. The molecule has 152 valence electrons. The molecule has 0 bridgehead atoms. The topological polar surface area (TPSA) is 124 Å². The second-order valence-electron chi connectivity index (χ2n) is 6.37. The van der Waals surface area contributed by atoms with Crippen LogP contribution in [0.2, 0.25) is 0 Å². The third-order valence-corrected chi connectivity index (χ3v) is 5.11. The van der Waals surface area contributed by atoms with Crippen molar-refractivity contribution in [3.63, 3.8) is 0 Å². The van der Waals surface area contributed by atoms with E-state index >= 15 is 0 Å². The zero-order valence-electron chi connectivity index (χ0n) is 17.4. The molecule has 0 aliphatic rings. The molecule has 0 fully saturated rings. The summed E-state index contributed by atoms with van der Waals surface area (Å²) >= 11 is 1.40. The monoisotopic (exact) mass is 443 g/mol. The van der Waals surface area contributed by atoms with Gasteiger partial charge in [0.1, 0.15) is 6.42 Å². The van der Waals surface area contributed by atoms with Crippen molar-refractivity contribution in [1.82, 2.24) is 0 Å². The molecule has 0 spiro atoms. The first-order chi connectivity index (χ1) is 12.8. The maximum atomic E-state index is 11.5. The van der Waals surface area contributed by atoms with Crippen molar-refractivity contribution in [2.75, 3.05) is 11.1 Å². The summed E-state index contributed by atoms with van der Waals surface area (Å²) in [6, 6.07) is 6.92. The number of thioether (sulfide) groups is 1. The van der Waals surface area contributed by atoms with E-state index in [1.807, 2.05) is 13.0 Å². The van der Waals surface area contributed by atoms with Gasteiger partial charge in [-0.2, -0.15) is 0 Å². The minimum atomic E-state index is -1.19. The van der Waals surface area contributed by atoms with E-state index in [0.717, 1.165) is 17.7 Å². The number of carboxylic acid groups (broad SMARTS) is 2. The maximum absolute atomic E-state index is 11.5. The molecule has 1 aromatic rings. The first-order valence-electron chi connectivity index (χ1n) is 8.97. The fourth-order valence-electron chi connectivity index (χ4n) is 2.52. The number of unbranched alkanes of at least 4 members (excludes halogenated alkanes) is 1. The van der Waals surface area contributed by atoms with E-state index in [4.69, 9.17) is 5.11 Å². The number of carbonyl (C=O) groups excluding carboxylic acids is 1. The van der Waals surface area contributed by atoms with E-state index in [-0.39, 0.29) is 59.1 Å². The largest absolute Gasteiger partial charge is 0.481 e. The number of aliphatic carboxylic acids is 2. The summed E-state index contributed by atoms with van der Waals surface area (Å²) in [5, 5.41) is 30.5. The van der Waals surface area contributed by atoms with Crippen molar-refractivity contribution in [2.24, 2.45) is 5.92 Å². The number of amides is 1. The molecule has 1 amide bonds. The zero-order chi connectivity index (χ0) is 20.2. The van der Waals surface area contributed by atoms with Gasteiger partial charge in [0.15, 0.2) is 0 Å². The van der Waals surface area contributed by atoms with Crippen LogP contribution in [0.3, 0.4) is 0 Å². The van der Waals surface area contributed by atoms with E-state index in [9.17, 15) is 24.6 Å². The van der Waals surface area contributed by atoms with Crippen LogP contribution >= 0.6 is 11.8 Å².